The van der Waals surface area contributed by atoms with E-state index in [1.165, 1.54) is 0 Å². The Labute approximate surface area is 249 Å². The highest BCUT2D eigenvalue weighted by atomic mass is 16.6. The minimum Gasteiger partial charge on any atom is -0.508 e. The molecule has 1 aromatic carbocycles. The monoisotopic (exact) mass is 577 g/mol. The number of piperazine rings is 1. The Kier molecular flexibility index (Phi) is 8.04. The van der Waals surface area contributed by atoms with Gasteiger partial charge in [-0.2, -0.15) is 5.10 Å². The van der Waals surface area contributed by atoms with Crippen molar-refractivity contribution in [3.8, 4) is 17.0 Å². The fourth-order valence-electron chi connectivity index (χ4n) is 6.19. The molecule has 2 atom stereocenters. The average Bonchev–Trinajstić information content (AvgIpc) is 3.27. The van der Waals surface area contributed by atoms with Gasteiger partial charge in [0.2, 0.25) is 0 Å². The highest BCUT2D eigenvalue weighted by Crippen LogP contribution is 2.38. The Hall–Kier alpha value is -3.17. The van der Waals surface area contributed by atoms with Gasteiger partial charge in [-0.25, -0.2) is 14.5 Å². The van der Waals surface area contributed by atoms with Crippen LogP contribution in [0.4, 0.5) is 4.79 Å². The molecule has 9 nitrogen and oxygen atoms in total. The van der Waals surface area contributed by atoms with Crippen molar-refractivity contribution in [1.29, 1.82) is 0 Å². The van der Waals surface area contributed by atoms with Gasteiger partial charge in [-0.15, -0.1) is 0 Å². The Morgan fingerprint density at radius 1 is 1.14 bits per heavy atom. The lowest BCUT2D eigenvalue weighted by Gasteiger charge is -2.56. The Morgan fingerprint density at radius 2 is 1.86 bits per heavy atom. The number of nitrogens with zero attached hydrogens (tertiary/aromatic N) is 5. The van der Waals surface area contributed by atoms with Gasteiger partial charge in [-0.05, 0) is 110 Å². The molecule has 2 saturated heterocycles. The second-order valence-corrected chi connectivity index (χ2v) is 13.8. The molecule has 0 aliphatic carbocycles. The lowest BCUT2D eigenvalue weighted by Crippen LogP contribution is -2.69. The molecule has 2 aliphatic heterocycles. The second kappa shape index (κ2) is 11.2. The van der Waals surface area contributed by atoms with Gasteiger partial charge in [0.25, 0.3) is 0 Å². The number of phenols is 1. The van der Waals surface area contributed by atoms with E-state index >= 15 is 0 Å². The number of hydrogen-bond acceptors (Lipinski definition) is 7. The van der Waals surface area contributed by atoms with E-state index in [2.05, 4.69) is 45.6 Å². The number of pyridine rings is 1. The molecule has 0 spiro atoms. The normalized spacial score (nSPS) is 23.3. The third-order valence-electron chi connectivity index (χ3n) is 8.83. The summed E-state index contributed by atoms with van der Waals surface area (Å²) in [6, 6.07) is 9.35. The maximum Gasteiger partial charge on any atom is 0.410 e. The first-order valence-electron chi connectivity index (χ1n) is 15.3. The van der Waals surface area contributed by atoms with Gasteiger partial charge in [-0.3, -0.25) is 9.80 Å². The molecule has 3 aromatic rings. The lowest BCUT2D eigenvalue weighted by molar-refractivity contribution is -0.0754. The minimum absolute atomic E-state index is 0.137. The van der Waals surface area contributed by atoms with Crippen LogP contribution in [0.2, 0.25) is 0 Å². The van der Waals surface area contributed by atoms with Crippen LogP contribution in [-0.4, -0.2) is 72.1 Å². The number of carbonyl (C=O) groups is 1. The van der Waals surface area contributed by atoms with Gasteiger partial charge in [0, 0.05) is 42.7 Å². The van der Waals surface area contributed by atoms with Crippen LogP contribution >= 0.6 is 0 Å². The molecule has 0 saturated carbocycles. The van der Waals surface area contributed by atoms with Gasteiger partial charge in [-0.1, -0.05) is 6.92 Å². The van der Waals surface area contributed by atoms with E-state index in [-0.39, 0.29) is 29.1 Å². The molecule has 2 fully saturated rings. The van der Waals surface area contributed by atoms with Gasteiger partial charge < -0.3 is 14.6 Å². The summed E-state index contributed by atoms with van der Waals surface area (Å²) in [5.74, 6) is 0.222. The molecule has 0 radical (unpaired) electrons. The van der Waals surface area contributed by atoms with Crippen molar-refractivity contribution in [2.24, 2.45) is 0 Å². The molecular formula is C33H47N5O4. The number of carbonyl (C=O) groups excluding carboxylic acids is 1. The molecule has 2 aromatic heterocycles. The molecule has 0 bridgehead atoms. The smallest absolute Gasteiger partial charge is 0.410 e. The summed E-state index contributed by atoms with van der Waals surface area (Å²) in [6.07, 6.45) is 3.48. The van der Waals surface area contributed by atoms with Crippen molar-refractivity contribution in [2.75, 3.05) is 19.7 Å². The summed E-state index contributed by atoms with van der Waals surface area (Å²) in [6.45, 7) is 19.1. The van der Waals surface area contributed by atoms with Gasteiger partial charge in [0.05, 0.1) is 16.9 Å². The van der Waals surface area contributed by atoms with Crippen LogP contribution < -0.4 is 0 Å². The summed E-state index contributed by atoms with van der Waals surface area (Å²) in [5.41, 5.74) is 3.40. The van der Waals surface area contributed by atoms with E-state index < -0.39 is 5.60 Å². The average molecular weight is 578 g/mol. The van der Waals surface area contributed by atoms with Crippen LogP contribution in [0.3, 0.4) is 0 Å². The maximum absolute atomic E-state index is 13.4. The number of amides is 1. The van der Waals surface area contributed by atoms with E-state index in [1.54, 1.807) is 12.1 Å². The van der Waals surface area contributed by atoms with Crippen molar-refractivity contribution in [3.05, 3.63) is 41.6 Å². The fourth-order valence-corrected chi connectivity index (χ4v) is 6.19. The van der Waals surface area contributed by atoms with E-state index in [9.17, 15) is 9.90 Å². The van der Waals surface area contributed by atoms with Crippen molar-refractivity contribution < 1.29 is 19.4 Å². The highest BCUT2D eigenvalue weighted by Gasteiger charge is 2.48. The third-order valence-corrected chi connectivity index (χ3v) is 8.83. The van der Waals surface area contributed by atoms with Gasteiger partial charge in [0.1, 0.15) is 11.4 Å². The molecule has 2 unspecified atom stereocenters. The van der Waals surface area contributed by atoms with E-state index in [4.69, 9.17) is 19.6 Å². The molecule has 228 valence electrons. The van der Waals surface area contributed by atoms with Crippen molar-refractivity contribution >= 4 is 17.1 Å². The predicted octanol–water partition coefficient (Wildman–Crippen LogP) is 6.81. The van der Waals surface area contributed by atoms with E-state index in [0.717, 1.165) is 65.8 Å². The van der Waals surface area contributed by atoms with Crippen molar-refractivity contribution in [2.45, 2.75) is 111 Å². The molecule has 42 heavy (non-hydrogen) atoms. The standard InChI is InChI=1S/C33H47N5O4/c1-9-33(8)21-36(32(6,7)20-37(33)30(40)42-31(3,4)5)19-24-18-26(23-13-15-25(39)16-14-23)34-29-28(24)22(2)35-38(29)27-12-10-11-17-41-27/h13-16,18,27,39H,9-12,17,19-21H2,1-8H3. The van der Waals surface area contributed by atoms with Crippen LogP contribution in [0.15, 0.2) is 30.3 Å². The van der Waals surface area contributed by atoms with E-state index in [0.29, 0.717) is 19.6 Å². The summed E-state index contributed by atoms with van der Waals surface area (Å²) < 4.78 is 14.0. The van der Waals surface area contributed by atoms with Gasteiger partial charge in [0.15, 0.2) is 11.9 Å². The Morgan fingerprint density at radius 3 is 2.48 bits per heavy atom. The zero-order valence-corrected chi connectivity index (χ0v) is 26.5. The molecule has 9 heteroatoms. The fraction of sp³-hybridized carbons (Fsp3) is 0.606. The molecule has 5 rings (SSSR count). The Balaban J connectivity index is 1.57. The summed E-state index contributed by atoms with van der Waals surface area (Å²) in [4.78, 5) is 22.9. The predicted molar refractivity (Wildman–Crippen MR) is 164 cm³/mol. The molecule has 1 amide bonds. The largest absolute Gasteiger partial charge is 0.508 e. The van der Waals surface area contributed by atoms with Crippen LogP contribution in [0, 0.1) is 6.92 Å². The zero-order valence-electron chi connectivity index (χ0n) is 26.5. The van der Waals surface area contributed by atoms with Crippen molar-refractivity contribution in [3.63, 3.8) is 0 Å². The van der Waals surface area contributed by atoms with Crippen molar-refractivity contribution in [1.82, 2.24) is 24.6 Å². The highest BCUT2D eigenvalue weighted by molar-refractivity contribution is 5.85. The first-order chi connectivity index (χ1) is 19.7. The number of ether oxygens (including phenoxy) is 2. The maximum atomic E-state index is 13.4. The number of benzene rings is 1. The van der Waals surface area contributed by atoms with Crippen LogP contribution in [0.1, 0.15) is 91.6 Å². The first kappa shape index (κ1) is 30.3. The van der Waals surface area contributed by atoms with Gasteiger partial charge >= 0.3 is 6.09 Å². The number of aryl methyl sites for hydroxylation is 1. The molecule has 4 heterocycles. The minimum atomic E-state index is -0.556. The summed E-state index contributed by atoms with van der Waals surface area (Å²) in [5, 5.41) is 15.9. The first-order valence-corrected chi connectivity index (χ1v) is 15.3. The Bertz CT molecular complexity index is 1440. The molecular weight excluding hydrogens is 530 g/mol. The van der Waals surface area contributed by atoms with E-state index in [1.807, 2.05) is 42.5 Å². The lowest BCUT2D eigenvalue weighted by atomic mass is 9.85. The topological polar surface area (TPSA) is 93.0 Å². The molecule has 2 aliphatic rings. The third kappa shape index (κ3) is 5.99. The van der Waals surface area contributed by atoms with Crippen LogP contribution in [-0.2, 0) is 16.0 Å². The molecule has 1 N–H and O–H groups in total. The SMILES string of the molecule is CCC1(C)CN(Cc2cc(-c3ccc(O)cc3)nc3c2c(C)nn3C2CCCCO2)C(C)(C)CN1C(=O)OC(C)(C)C. The number of phenolic OH excluding ortho intramolecular Hbond substituents is 1. The zero-order chi connectivity index (χ0) is 30.4. The number of aromatic hydroxyl groups is 1. The second-order valence-electron chi connectivity index (χ2n) is 13.8. The number of fused-ring (bicyclic) bond motifs is 1. The number of hydrogen-bond donors (Lipinski definition) is 1. The van der Waals surface area contributed by atoms with Crippen LogP contribution in [0.25, 0.3) is 22.3 Å². The van der Waals surface area contributed by atoms with Crippen LogP contribution in [0.5, 0.6) is 5.75 Å². The number of aromatic nitrogens is 3. The summed E-state index contributed by atoms with van der Waals surface area (Å²) in [7, 11) is 0. The number of rotatable bonds is 5. The quantitative estimate of drug-likeness (QED) is 0.356. The summed E-state index contributed by atoms with van der Waals surface area (Å²) >= 11 is 0.